The van der Waals surface area contributed by atoms with E-state index in [2.05, 4.69) is 13.8 Å². The fraction of sp³-hybridized carbons (Fsp3) is 1.00. The highest BCUT2D eigenvalue weighted by Crippen LogP contribution is 2.35. The molecule has 1 aliphatic carbocycles. The van der Waals surface area contributed by atoms with E-state index in [9.17, 15) is 8.42 Å². The highest BCUT2D eigenvalue weighted by Gasteiger charge is 2.30. The fourth-order valence-corrected chi connectivity index (χ4v) is 3.92. The van der Waals surface area contributed by atoms with E-state index in [0.29, 0.717) is 17.6 Å². The van der Waals surface area contributed by atoms with Gasteiger partial charge in [-0.2, -0.15) is 0 Å². The van der Waals surface area contributed by atoms with E-state index in [-0.39, 0.29) is 11.3 Å². The molecule has 108 valence electrons. The van der Waals surface area contributed by atoms with Gasteiger partial charge >= 0.3 is 0 Å². The van der Waals surface area contributed by atoms with Crippen molar-refractivity contribution < 1.29 is 8.42 Å². The molecule has 1 rings (SSSR count). The molecule has 18 heavy (non-hydrogen) atoms. The fourth-order valence-electron chi connectivity index (χ4n) is 2.81. The van der Waals surface area contributed by atoms with Crippen molar-refractivity contribution in [3.8, 4) is 0 Å². The maximum atomic E-state index is 11.9. The highest BCUT2D eigenvalue weighted by molar-refractivity contribution is 7.91. The molecule has 0 bridgehead atoms. The summed E-state index contributed by atoms with van der Waals surface area (Å²) in [6.07, 6.45) is 4.10. The van der Waals surface area contributed by atoms with Gasteiger partial charge in [0.1, 0.15) is 0 Å². The van der Waals surface area contributed by atoms with Crippen molar-refractivity contribution in [3.05, 3.63) is 0 Å². The zero-order chi connectivity index (χ0) is 13.9. The molecule has 0 aromatic carbocycles. The van der Waals surface area contributed by atoms with Gasteiger partial charge in [0.25, 0.3) is 0 Å². The van der Waals surface area contributed by atoms with Gasteiger partial charge in [0.2, 0.25) is 0 Å². The van der Waals surface area contributed by atoms with Gasteiger partial charge in [-0.3, -0.25) is 0 Å². The molecule has 0 spiro atoms. The molecule has 3 unspecified atom stereocenters. The van der Waals surface area contributed by atoms with Crippen LogP contribution >= 0.6 is 0 Å². The topological polar surface area (TPSA) is 60.2 Å². The van der Waals surface area contributed by atoms with Crippen molar-refractivity contribution in [2.24, 2.45) is 23.5 Å². The molecule has 0 saturated heterocycles. The SMILES string of the molecule is CC(C)C1CCC(N)C(CCS(=O)(=O)C(C)C)C1. The number of rotatable bonds is 5. The van der Waals surface area contributed by atoms with E-state index >= 15 is 0 Å². The van der Waals surface area contributed by atoms with Gasteiger partial charge in [-0.05, 0) is 57.3 Å². The lowest BCUT2D eigenvalue weighted by atomic mass is 9.73. The van der Waals surface area contributed by atoms with Crippen LogP contribution in [0.15, 0.2) is 0 Å². The standard InChI is InChI=1S/C14H29NO2S/c1-10(2)12-5-6-14(15)13(9-12)7-8-18(16,17)11(3)4/h10-14H,5-9,15H2,1-4H3. The molecule has 3 nitrogen and oxygen atoms in total. The Balaban J connectivity index is 2.55. The van der Waals surface area contributed by atoms with E-state index < -0.39 is 9.84 Å². The first-order valence-electron chi connectivity index (χ1n) is 7.21. The van der Waals surface area contributed by atoms with Crippen LogP contribution in [0.1, 0.15) is 53.4 Å². The van der Waals surface area contributed by atoms with E-state index in [4.69, 9.17) is 5.73 Å². The molecular formula is C14H29NO2S. The average molecular weight is 275 g/mol. The number of hydrogen-bond acceptors (Lipinski definition) is 3. The van der Waals surface area contributed by atoms with Crippen molar-refractivity contribution >= 4 is 9.84 Å². The van der Waals surface area contributed by atoms with Gasteiger partial charge < -0.3 is 5.73 Å². The highest BCUT2D eigenvalue weighted by atomic mass is 32.2. The van der Waals surface area contributed by atoms with Crippen LogP contribution in [0.4, 0.5) is 0 Å². The van der Waals surface area contributed by atoms with E-state index in [0.717, 1.165) is 25.2 Å². The minimum atomic E-state index is -2.91. The van der Waals surface area contributed by atoms with Gasteiger partial charge in [-0.1, -0.05) is 13.8 Å². The van der Waals surface area contributed by atoms with Gasteiger partial charge in [-0.25, -0.2) is 8.42 Å². The first-order chi connectivity index (χ1) is 8.24. The molecule has 1 fully saturated rings. The van der Waals surface area contributed by atoms with E-state index in [1.807, 2.05) is 0 Å². The maximum absolute atomic E-state index is 11.9. The molecule has 0 radical (unpaired) electrons. The maximum Gasteiger partial charge on any atom is 0.152 e. The molecule has 0 amide bonds. The van der Waals surface area contributed by atoms with Crippen molar-refractivity contribution in [3.63, 3.8) is 0 Å². The van der Waals surface area contributed by atoms with Crippen LogP contribution in [-0.4, -0.2) is 25.5 Å². The van der Waals surface area contributed by atoms with Gasteiger partial charge in [0.15, 0.2) is 9.84 Å². The third-order valence-corrected chi connectivity index (χ3v) is 6.76. The second-order valence-corrected chi connectivity index (χ2v) is 9.12. The monoisotopic (exact) mass is 275 g/mol. The van der Waals surface area contributed by atoms with E-state index in [1.54, 1.807) is 13.8 Å². The van der Waals surface area contributed by atoms with Crippen LogP contribution < -0.4 is 5.73 Å². The third-order valence-electron chi connectivity index (χ3n) is 4.52. The largest absolute Gasteiger partial charge is 0.327 e. The average Bonchev–Trinajstić information content (AvgIpc) is 2.27. The van der Waals surface area contributed by atoms with E-state index in [1.165, 1.54) is 6.42 Å². The van der Waals surface area contributed by atoms with Crippen LogP contribution in [-0.2, 0) is 9.84 Å². The molecule has 3 atom stereocenters. The summed E-state index contributed by atoms with van der Waals surface area (Å²) in [7, 11) is -2.91. The van der Waals surface area contributed by atoms with Crippen LogP contribution in [0.2, 0.25) is 0 Å². The lowest BCUT2D eigenvalue weighted by Gasteiger charge is -2.36. The molecule has 4 heteroatoms. The van der Waals surface area contributed by atoms with Gasteiger partial charge in [0, 0.05) is 6.04 Å². The Labute approximate surface area is 112 Å². The molecular weight excluding hydrogens is 246 g/mol. The van der Waals surface area contributed by atoms with Crippen molar-refractivity contribution in [1.82, 2.24) is 0 Å². The minimum absolute atomic E-state index is 0.197. The third kappa shape index (κ3) is 4.23. The van der Waals surface area contributed by atoms with Crippen LogP contribution in [0, 0.1) is 17.8 Å². The predicted molar refractivity (Wildman–Crippen MR) is 77.2 cm³/mol. The first kappa shape index (κ1) is 16.0. The Morgan fingerprint density at radius 2 is 1.78 bits per heavy atom. The van der Waals surface area contributed by atoms with Gasteiger partial charge in [0.05, 0.1) is 11.0 Å². The Morgan fingerprint density at radius 3 is 2.28 bits per heavy atom. The Hall–Kier alpha value is -0.0900. The summed E-state index contributed by atoms with van der Waals surface area (Å²) in [5, 5.41) is -0.266. The summed E-state index contributed by atoms with van der Waals surface area (Å²) in [5.41, 5.74) is 6.15. The molecule has 0 heterocycles. The Morgan fingerprint density at radius 1 is 1.17 bits per heavy atom. The first-order valence-corrected chi connectivity index (χ1v) is 8.92. The number of sulfone groups is 1. The molecule has 0 aromatic heterocycles. The van der Waals surface area contributed by atoms with Crippen LogP contribution in [0.5, 0.6) is 0 Å². The molecule has 2 N–H and O–H groups in total. The molecule has 0 aliphatic heterocycles. The number of hydrogen-bond donors (Lipinski definition) is 1. The summed E-state index contributed by atoms with van der Waals surface area (Å²) >= 11 is 0. The Bertz CT molecular complexity index is 349. The van der Waals surface area contributed by atoms with Gasteiger partial charge in [-0.15, -0.1) is 0 Å². The minimum Gasteiger partial charge on any atom is -0.327 e. The quantitative estimate of drug-likeness (QED) is 0.839. The van der Waals surface area contributed by atoms with Crippen molar-refractivity contribution in [2.45, 2.75) is 64.7 Å². The molecule has 0 aromatic rings. The lowest BCUT2D eigenvalue weighted by Crippen LogP contribution is -2.38. The molecule has 1 saturated carbocycles. The van der Waals surface area contributed by atoms with Crippen molar-refractivity contribution in [1.29, 1.82) is 0 Å². The molecule has 1 aliphatic rings. The summed E-state index contributed by atoms with van der Waals surface area (Å²) < 4.78 is 23.7. The number of nitrogens with two attached hydrogens (primary N) is 1. The summed E-state index contributed by atoms with van der Waals surface area (Å²) in [6.45, 7) is 8.02. The Kier molecular flexibility index (Phi) is 5.66. The zero-order valence-electron chi connectivity index (χ0n) is 12.2. The summed E-state index contributed by atoms with van der Waals surface area (Å²) in [4.78, 5) is 0. The lowest BCUT2D eigenvalue weighted by molar-refractivity contribution is 0.187. The van der Waals surface area contributed by atoms with Crippen molar-refractivity contribution in [2.75, 3.05) is 5.75 Å². The van der Waals surface area contributed by atoms with Crippen LogP contribution in [0.3, 0.4) is 0 Å². The zero-order valence-corrected chi connectivity index (χ0v) is 13.0. The summed E-state index contributed by atoms with van der Waals surface area (Å²) in [5.74, 6) is 2.09. The second-order valence-electron chi connectivity index (χ2n) is 6.45. The second kappa shape index (κ2) is 6.38. The predicted octanol–water partition coefficient (Wildman–Crippen LogP) is 2.60. The smallest absolute Gasteiger partial charge is 0.152 e. The summed E-state index contributed by atoms with van der Waals surface area (Å²) in [6, 6.07) is 0.197. The van der Waals surface area contributed by atoms with Crippen LogP contribution in [0.25, 0.3) is 0 Å². The normalized spacial score (nSPS) is 30.1.